The van der Waals surface area contributed by atoms with E-state index in [1.54, 1.807) is 6.20 Å². The van der Waals surface area contributed by atoms with E-state index in [4.69, 9.17) is 0 Å². The number of thiazole rings is 1. The summed E-state index contributed by atoms with van der Waals surface area (Å²) in [6, 6.07) is 0. The van der Waals surface area contributed by atoms with Gasteiger partial charge in [-0.15, -0.1) is 11.3 Å². The molecule has 0 spiro atoms. The van der Waals surface area contributed by atoms with Gasteiger partial charge in [-0.3, -0.25) is 4.79 Å². The van der Waals surface area contributed by atoms with Crippen LogP contribution >= 0.6 is 11.3 Å². The quantitative estimate of drug-likeness (QED) is 0.712. The van der Waals surface area contributed by atoms with E-state index in [1.165, 1.54) is 11.3 Å². The summed E-state index contributed by atoms with van der Waals surface area (Å²) in [5.41, 5.74) is 0.301. The Morgan fingerprint density at radius 2 is 2.50 bits per heavy atom. The molecule has 2 heterocycles. The van der Waals surface area contributed by atoms with Crippen molar-refractivity contribution < 1.29 is 0 Å². The van der Waals surface area contributed by atoms with Gasteiger partial charge in [-0.05, 0) is 6.42 Å². The third-order valence-corrected chi connectivity index (χ3v) is 2.70. The number of H-pyrrole nitrogens is 1. The number of hydrogen-bond donors (Lipinski definition) is 1. The number of aromatic amines is 1. The van der Waals surface area contributed by atoms with Crippen LogP contribution in [0.3, 0.4) is 0 Å². The van der Waals surface area contributed by atoms with Gasteiger partial charge >= 0.3 is 0 Å². The van der Waals surface area contributed by atoms with Crippen molar-refractivity contribution >= 4 is 21.6 Å². The third-order valence-electron chi connectivity index (χ3n) is 1.56. The van der Waals surface area contributed by atoms with Gasteiger partial charge in [0.25, 0.3) is 5.56 Å². The van der Waals surface area contributed by atoms with Crippen molar-refractivity contribution in [1.82, 2.24) is 15.2 Å². The van der Waals surface area contributed by atoms with Crippen LogP contribution in [0.5, 0.6) is 0 Å². The topological polar surface area (TPSA) is 58.6 Å². The first-order valence-electron chi connectivity index (χ1n) is 3.64. The number of rotatable bonds is 1. The maximum Gasteiger partial charge on any atom is 0.291 e. The van der Waals surface area contributed by atoms with E-state index in [-0.39, 0.29) is 5.56 Å². The third kappa shape index (κ3) is 1.02. The van der Waals surface area contributed by atoms with E-state index in [0.29, 0.717) is 5.52 Å². The van der Waals surface area contributed by atoms with Crippen LogP contribution in [0.1, 0.15) is 11.9 Å². The molecule has 12 heavy (non-hydrogen) atoms. The molecule has 0 saturated carbocycles. The van der Waals surface area contributed by atoms with Gasteiger partial charge in [0.1, 0.15) is 5.52 Å². The van der Waals surface area contributed by atoms with E-state index in [0.717, 1.165) is 16.1 Å². The highest BCUT2D eigenvalue weighted by atomic mass is 32.1. The summed E-state index contributed by atoms with van der Waals surface area (Å²) < 4.78 is 0.857. The fourth-order valence-corrected chi connectivity index (χ4v) is 1.86. The second-order valence-corrected chi connectivity index (χ2v) is 3.49. The highest BCUT2D eigenvalue weighted by Crippen LogP contribution is 2.17. The minimum Gasteiger partial charge on any atom is -0.265 e. The summed E-state index contributed by atoms with van der Waals surface area (Å²) in [4.78, 5) is 15.3. The Morgan fingerprint density at radius 3 is 3.17 bits per heavy atom. The molecule has 0 amide bonds. The van der Waals surface area contributed by atoms with Gasteiger partial charge < -0.3 is 0 Å². The normalized spacial score (nSPS) is 10.8. The van der Waals surface area contributed by atoms with Crippen LogP contribution < -0.4 is 5.56 Å². The zero-order chi connectivity index (χ0) is 8.55. The number of nitrogens with one attached hydrogen (secondary N) is 1. The predicted octanol–water partition coefficient (Wildman–Crippen LogP) is 0.942. The Bertz CT molecular complexity index is 459. The molecule has 0 aliphatic carbocycles. The molecule has 2 aromatic heterocycles. The monoisotopic (exact) mass is 181 g/mol. The molecular formula is C7H7N3OS. The predicted molar refractivity (Wildman–Crippen MR) is 47.4 cm³/mol. The van der Waals surface area contributed by atoms with Crippen molar-refractivity contribution in [2.24, 2.45) is 0 Å². The molecule has 2 aromatic rings. The largest absolute Gasteiger partial charge is 0.291 e. The van der Waals surface area contributed by atoms with E-state index in [9.17, 15) is 4.79 Å². The molecular weight excluding hydrogens is 174 g/mol. The zero-order valence-electron chi connectivity index (χ0n) is 6.50. The summed E-state index contributed by atoms with van der Waals surface area (Å²) in [6.45, 7) is 2.01. The SMILES string of the molecule is CCc1nc2c(=O)[nH]ncc2s1. The summed E-state index contributed by atoms with van der Waals surface area (Å²) in [7, 11) is 0. The fourth-order valence-electron chi connectivity index (χ4n) is 0.982. The van der Waals surface area contributed by atoms with Crippen molar-refractivity contribution in [3.05, 3.63) is 21.6 Å². The first-order chi connectivity index (χ1) is 5.81. The molecule has 1 N–H and O–H groups in total. The molecule has 0 aliphatic rings. The summed E-state index contributed by atoms with van der Waals surface area (Å²) in [5.74, 6) is 0. The summed E-state index contributed by atoms with van der Waals surface area (Å²) >= 11 is 1.52. The van der Waals surface area contributed by atoms with E-state index >= 15 is 0 Å². The lowest BCUT2D eigenvalue weighted by molar-refractivity contribution is 1.00. The Labute approximate surface area is 72.3 Å². The lowest BCUT2D eigenvalue weighted by atomic mass is 10.5. The number of hydrogen-bond acceptors (Lipinski definition) is 4. The molecule has 2 rings (SSSR count). The average Bonchev–Trinajstić information content (AvgIpc) is 2.49. The summed E-state index contributed by atoms with van der Waals surface area (Å²) in [5, 5.41) is 7.02. The molecule has 0 fully saturated rings. The van der Waals surface area contributed by atoms with Gasteiger partial charge in [0, 0.05) is 0 Å². The van der Waals surface area contributed by atoms with Gasteiger partial charge in [-0.25, -0.2) is 10.1 Å². The van der Waals surface area contributed by atoms with Crippen LogP contribution in [0.25, 0.3) is 10.2 Å². The van der Waals surface area contributed by atoms with Crippen LogP contribution in [0.15, 0.2) is 11.0 Å². The highest BCUT2D eigenvalue weighted by molar-refractivity contribution is 7.18. The van der Waals surface area contributed by atoms with Gasteiger partial charge in [0.05, 0.1) is 15.9 Å². The molecule has 0 saturated heterocycles. The van der Waals surface area contributed by atoms with Crippen molar-refractivity contribution in [3.63, 3.8) is 0 Å². The van der Waals surface area contributed by atoms with Crippen LogP contribution in [-0.4, -0.2) is 15.2 Å². The first-order valence-corrected chi connectivity index (χ1v) is 4.46. The average molecular weight is 181 g/mol. The van der Waals surface area contributed by atoms with E-state index in [2.05, 4.69) is 15.2 Å². The van der Waals surface area contributed by atoms with Crippen LogP contribution in [0.4, 0.5) is 0 Å². The standard InChI is InChI=1S/C7H7N3OS/c1-2-5-9-6-4(12-5)3-8-10-7(6)11/h3H,2H2,1H3,(H,10,11). The Balaban J connectivity index is 2.83. The number of aromatic nitrogens is 3. The number of aryl methyl sites for hydroxylation is 1. The maximum absolute atomic E-state index is 11.1. The smallest absolute Gasteiger partial charge is 0.265 e. The maximum atomic E-state index is 11.1. The molecule has 4 nitrogen and oxygen atoms in total. The fraction of sp³-hybridized carbons (Fsp3) is 0.286. The van der Waals surface area contributed by atoms with Gasteiger partial charge in [-0.2, -0.15) is 5.10 Å². The minimum absolute atomic E-state index is 0.205. The Hall–Kier alpha value is -1.23. The van der Waals surface area contributed by atoms with Gasteiger partial charge in [0.15, 0.2) is 0 Å². The summed E-state index contributed by atoms with van der Waals surface area (Å²) in [6.07, 6.45) is 2.49. The lowest BCUT2D eigenvalue weighted by Crippen LogP contribution is -2.06. The van der Waals surface area contributed by atoms with Crippen molar-refractivity contribution in [3.8, 4) is 0 Å². The Kier molecular flexibility index (Phi) is 1.65. The molecule has 0 aromatic carbocycles. The molecule has 0 radical (unpaired) electrons. The van der Waals surface area contributed by atoms with Crippen LogP contribution in [-0.2, 0) is 6.42 Å². The molecule has 0 unspecified atom stereocenters. The zero-order valence-corrected chi connectivity index (χ0v) is 7.31. The molecule has 0 atom stereocenters. The van der Waals surface area contributed by atoms with Gasteiger partial charge in [-0.1, -0.05) is 6.92 Å². The Morgan fingerprint density at radius 1 is 1.67 bits per heavy atom. The van der Waals surface area contributed by atoms with Crippen molar-refractivity contribution in [1.29, 1.82) is 0 Å². The number of nitrogens with zero attached hydrogens (tertiary/aromatic N) is 2. The van der Waals surface area contributed by atoms with Crippen molar-refractivity contribution in [2.75, 3.05) is 0 Å². The van der Waals surface area contributed by atoms with Crippen LogP contribution in [0, 0.1) is 0 Å². The lowest BCUT2D eigenvalue weighted by Gasteiger charge is -1.81. The first kappa shape index (κ1) is 7.42. The second kappa shape index (κ2) is 2.67. The minimum atomic E-state index is -0.205. The van der Waals surface area contributed by atoms with Gasteiger partial charge in [0.2, 0.25) is 0 Å². The molecule has 0 bridgehead atoms. The molecule has 5 heteroatoms. The van der Waals surface area contributed by atoms with Crippen LogP contribution in [0.2, 0.25) is 0 Å². The molecule has 62 valence electrons. The number of fused-ring (bicyclic) bond motifs is 1. The molecule has 0 aliphatic heterocycles. The van der Waals surface area contributed by atoms with Crippen molar-refractivity contribution in [2.45, 2.75) is 13.3 Å². The van der Waals surface area contributed by atoms with E-state index in [1.807, 2.05) is 6.92 Å². The second-order valence-electron chi connectivity index (χ2n) is 2.37. The van der Waals surface area contributed by atoms with E-state index < -0.39 is 0 Å². The highest BCUT2D eigenvalue weighted by Gasteiger charge is 2.04.